The average molecular weight is 242 g/mol. The number of carbonyl (C=O) groups is 2. The van der Waals surface area contributed by atoms with Crippen LogP contribution in [-0.4, -0.2) is 17.4 Å². The van der Waals surface area contributed by atoms with Gasteiger partial charge in [-0.3, -0.25) is 4.79 Å². The summed E-state index contributed by atoms with van der Waals surface area (Å²) < 4.78 is 5.50. The van der Waals surface area contributed by atoms with Crippen molar-refractivity contribution in [2.45, 2.75) is 0 Å². The summed E-state index contributed by atoms with van der Waals surface area (Å²) in [4.78, 5) is 21.6. The van der Waals surface area contributed by atoms with E-state index in [4.69, 9.17) is 9.84 Å². The third-order valence-electron chi connectivity index (χ3n) is 2.35. The van der Waals surface area contributed by atoms with Crippen molar-refractivity contribution >= 4 is 12.3 Å². The Hall–Kier alpha value is -2.62. The molecule has 0 aromatic heterocycles. The number of carbonyl (C=O) groups excluding carboxylic acids is 1. The molecule has 0 unspecified atom stereocenters. The lowest BCUT2D eigenvalue weighted by molar-refractivity contribution is 0.0696. The van der Waals surface area contributed by atoms with Gasteiger partial charge in [-0.1, -0.05) is 18.2 Å². The molecule has 0 saturated carbocycles. The van der Waals surface area contributed by atoms with Crippen LogP contribution in [0.5, 0.6) is 11.5 Å². The van der Waals surface area contributed by atoms with Gasteiger partial charge in [0.1, 0.15) is 11.5 Å². The molecule has 18 heavy (non-hydrogen) atoms. The van der Waals surface area contributed by atoms with Crippen molar-refractivity contribution in [2.24, 2.45) is 0 Å². The van der Waals surface area contributed by atoms with E-state index in [1.54, 1.807) is 36.4 Å². The van der Waals surface area contributed by atoms with Crippen LogP contribution in [0, 0.1) is 0 Å². The second kappa shape index (κ2) is 5.14. The summed E-state index contributed by atoms with van der Waals surface area (Å²) in [6, 6.07) is 12.8. The molecule has 1 N–H and O–H groups in total. The average Bonchev–Trinajstić information content (AvgIpc) is 2.39. The van der Waals surface area contributed by atoms with E-state index in [9.17, 15) is 9.59 Å². The molecule has 4 nitrogen and oxygen atoms in total. The molecule has 0 atom stereocenters. The number of carboxylic acids is 1. The molecule has 0 fully saturated rings. The van der Waals surface area contributed by atoms with Gasteiger partial charge in [0.25, 0.3) is 0 Å². The maximum Gasteiger partial charge on any atom is 0.335 e. The first-order valence-corrected chi connectivity index (χ1v) is 5.26. The molecule has 2 rings (SSSR count). The fourth-order valence-electron chi connectivity index (χ4n) is 1.49. The molecule has 0 aliphatic carbocycles. The number of hydrogen-bond acceptors (Lipinski definition) is 3. The molecule has 0 amide bonds. The van der Waals surface area contributed by atoms with Gasteiger partial charge < -0.3 is 9.84 Å². The number of rotatable bonds is 4. The Labute approximate surface area is 103 Å². The molecule has 0 bridgehead atoms. The van der Waals surface area contributed by atoms with Crippen molar-refractivity contribution in [3.63, 3.8) is 0 Å². The predicted octanol–water partition coefficient (Wildman–Crippen LogP) is 2.99. The van der Waals surface area contributed by atoms with Crippen molar-refractivity contribution in [3.05, 3.63) is 59.7 Å². The quantitative estimate of drug-likeness (QED) is 0.837. The predicted molar refractivity (Wildman–Crippen MR) is 65.3 cm³/mol. The molecule has 2 aromatic carbocycles. The van der Waals surface area contributed by atoms with E-state index in [1.165, 1.54) is 12.1 Å². The first-order valence-electron chi connectivity index (χ1n) is 5.26. The largest absolute Gasteiger partial charge is 0.478 e. The summed E-state index contributed by atoms with van der Waals surface area (Å²) in [6.07, 6.45) is 0.691. The highest BCUT2D eigenvalue weighted by atomic mass is 16.5. The summed E-state index contributed by atoms with van der Waals surface area (Å²) in [5, 5.41) is 8.86. The van der Waals surface area contributed by atoms with Gasteiger partial charge in [-0.25, -0.2) is 4.79 Å². The molecule has 2 aromatic rings. The zero-order valence-electron chi connectivity index (χ0n) is 9.37. The number of benzene rings is 2. The minimum Gasteiger partial charge on any atom is -0.478 e. The van der Waals surface area contributed by atoms with Gasteiger partial charge in [0.05, 0.1) is 11.1 Å². The summed E-state index contributed by atoms with van der Waals surface area (Å²) >= 11 is 0. The van der Waals surface area contributed by atoms with Gasteiger partial charge in [-0.05, 0) is 30.3 Å². The van der Waals surface area contributed by atoms with E-state index in [0.29, 0.717) is 23.3 Å². The van der Waals surface area contributed by atoms with Gasteiger partial charge in [-0.15, -0.1) is 0 Å². The van der Waals surface area contributed by atoms with E-state index >= 15 is 0 Å². The fourth-order valence-corrected chi connectivity index (χ4v) is 1.49. The van der Waals surface area contributed by atoms with Crippen molar-refractivity contribution in [2.75, 3.05) is 0 Å². The molecule has 0 heterocycles. The lowest BCUT2D eigenvalue weighted by Gasteiger charge is -2.08. The summed E-state index contributed by atoms with van der Waals surface area (Å²) in [6.45, 7) is 0. The van der Waals surface area contributed by atoms with Crippen LogP contribution >= 0.6 is 0 Å². The monoisotopic (exact) mass is 242 g/mol. The first-order chi connectivity index (χ1) is 8.70. The molecule has 90 valence electrons. The first kappa shape index (κ1) is 11.9. The Morgan fingerprint density at radius 1 is 1.11 bits per heavy atom. The Morgan fingerprint density at radius 2 is 1.89 bits per heavy atom. The normalized spacial score (nSPS) is 9.78. The number of hydrogen-bond donors (Lipinski definition) is 1. The second-order valence-corrected chi connectivity index (χ2v) is 3.59. The van der Waals surface area contributed by atoms with Gasteiger partial charge in [-0.2, -0.15) is 0 Å². The van der Waals surface area contributed by atoms with Crippen LogP contribution in [0.2, 0.25) is 0 Å². The van der Waals surface area contributed by atoms with Crippen LogP contribution in [-0.2, 0) is 0 Å². The molecule has 0 radical (unpaired) electrons. The van der Waals surface area contributed by atoms with E-state index in [1.807, 2.05) is 0 Å². The highest BCUT2D eigenvalue weighted by molar-refractivity contribution is 5.88. The Bertz CT molecular complexity index is 590. The minimum atomic E-state index is -1.02. The van der Waals surface area contributed by atoms with Crippen LogP contribution in [0.4, 0.5) is 0 Å². The minimum absolute atomic E-state index is 0.135. The van der Waals surface area contributed by atoms with Crippen molar-refractivity contribution in [1.29, 1.82) is 0 Å². The number of carboxylic acid groups (broad SMARTS) is 1. The standard InChI is InChI=1S/C14H10O4/c15-9-11-4-1-2-7-13(11)18-12-6-3-5-10(8-12)14(16)17/h1-9H,(H,16,17). The van der Waals surface area contributed by atoms with E-state index in [-0.39, 0.29) is 5.56 Å². The number of ether oxygens (including phenoxy) is 1. The van der Waals surface area contributed by atoms with Crippen LogP contribution in [0.3, 0.4) is 0 Å². The summed E-state index contributed by atoms with van der Waals surface area (Å²) in [5.74, 6) is -0.247. The maximum absolute atomic E-state index is 10.8. The highest BCUT2D eigenvalue weighted by Gasteiger charge is 2.06. The molecule has 0 aliphatic rings. The van der Waals surface area contributed by atoms with Crippen molar-refractivity contribution < 1.29 is 19.4 Å². The van der Waals surface area contributed by atoms with E-state index in [0.717, 1.165) is 0 Å². The molecule has 0 spiro atoms. The molecular weight excluding hydrogens is 232 g/mol. The lowest BCUT2D eigenvalue weighted by atomic mass is 10.2. The zero-order chi connectivity index (χ0) is 13.0. The third kappa shape index (κ3) is 2.55. The molecule has 0 saturated heterocycles. The van der Waals surface area contributed by atoms with Gasteiger partial charge in [0, 0.05) is 0 Å². The Balaban J connectivity index is 2.31. The molecular formula is C14H10O4. The summed E-state index contributed by atoms with van der Waals surface area (Å²) in [7, 11) is 0. The topological polar surface area (TPSA) is 63.6 Å². The van der Waals surface area contributed by atoms with E-state index < -0.39 is 5.97 Å². The van der Waals surface area contributed by atoms with Gasteiger partial charge in [0.2, 0.25) is 0 Å². The fraction of sp³-hybridized carbons (Fsp3) is 0. The van der Waals surface area contributed by atoms with E-state index in [2.05, 4.69) is 0 Å². The summed E-state index contributed by atoms with van der Waals surface area (Å²) in [5.41, 5.74) is 0.550. The Kier molecular flexibility index (Phi) is 3.38. The zero-order valence-corrected chi connectivity index (χ0v) is 9.37. The van der Waals surface area contributed by atoms with Crippen LogP contribution in [0.15, 0.2) is 48.5 Å². The molecule has 0 aliphatic heterocycles. The third-order valence-corrected chi connectivity index (χ3v) is 2.35. The highest BCUT2D eigenvalue weighted by Crippen LogP contribution is 2.24. The van der Waals surface area contributed by atoms with Crippen LogP contribution in [0.1, 0.15) is 20.7 Å². The smallest absolute Gasteiger partial charge is 0.335 e. The lowest BCUT2D eigenvalue weighted by Crippen LogP contribution is -1.96. The van der Waals surface area contributed by atoms with Crippen molar-refractivity contribution in [3.8, 4) is 11.5 Å². The van der Waals surface area contributed by atoms with Gasteiger partial charge >= 0.3 is 5.97 Å². The number of para-hydroxylation sites is 1. The SMILES string of the molecule is O=Cc1ccccc1Oc1cccc(C(=O)O)c1. The maximum atomic E-state index is 10.8. The second-order valence-electron chi connectivity index (χ2n) is 3.59. The molecule has 4 heteroatoms. The number of aldehydes is 1. The Morgan fingerprint density at radius 3 is 2.61 bits per heavy atom. The van der Waals surface area contributed by atoms with Crippen LogP contribution < -0.4 is 4.74 Å². The number of aromatic carboxylic acids is 1. The van der Waals surface area contributed by atoms with Crippen molar-refractivity contribution in [1.82, 2.24) is 0 Å². The van der Waals surface area contributed by atoms with Gasteiger partial charge in [0.15, 0.2) is 6.29 Å². The van der Waals surface area contributed by atoms with Crippen LogP contribution in [0.25, 0.3) is 0 Å².